The molecule has 0 aromatic heterocycles. The van der Waals surface area contributed by atoms with Crippen LogP contribution in [0.5, 0.6) is 0 Å². The van der Waals surface area contributed by atoms with Crippen molar-refractivity contribution in [3.05, 3.63) is 23.8 Å². The van der Waals surface area contributed by atoms with Crippen molar-refractivity contribution in [1.29, 1.82) is 0 Å². The zero-order valence-electron chi connectivity index (χ0n) is 19.1. The van der Waals surface area contributed by atoms with E-state index in [1.807, 2.05) is 0 Å². The molecule has 0 bridgehead atoms. The van der Waals surface area contributed by atoms with Gasteiger partial charge in [-0.25, -0.2) is 0 Å². The highest BCUT2D eigenvalue weighted by atomic mass is 16.3. The fourth-order valence-electron chi connectivity index (χ4n) is 8.25. The Morgan fingerprint density at radius 2 is 1.86 bits per heavy atom. The van der Waals surface area contributed by atoms with E-state index in [2.05, 4.69) is 52.8 Å². The molecule has 0 aliphatic heterocycles. The van der Waals surface area contributed by atoms with E-state index in [9.17, 15) is 5.11 Å². The fourth-order valence-corrected chi connectivity index (χ4v) is 8.25. The third-order valence-corrected chi connectivity index (χ3v) is 9.83. The van der Waals surface area contributed by atoms with Crippen molar-refractivity contribution in [1.82, 2.24) is 0 Å². The van der Waals surface area contributed by atoms with Crippen LogP contribution in [0.1, 0.15) is 92.4 Å². The minimum absolute atomic E-state index is 0.0842. The van der Waals surface area contributed by atoms with Crippen LogP contribution in [0.25, 0.3) is 0 Å². The maximum absolute atomic E-state index is 10.2. The lowest BCUT2D eigenvalue weighted by molar-refractivity contribution is -0.0540. The number of fused-ring (bicyclic) bond motifs is 5. The molecule has 4 aliphatic rings. The Bertz CT molecular complexity index is 630. The van der Waals surface area contributed by atoms with Crippen LogP contribution in [0.15, 0.2) is 23.8 Å². The normalized spacial score (nSPS) is 46.8. The van der Waals surface area contributed by atoms with Gasteiger partial charge in [0.25, 0.3) is 0 Å². The van der Waals surface area contributed by atoms with Crippen LogP contribution < -0.4 is 0 Å². The van der Waals surface area contributed by atoms with Gasteiger partial charge < -0.3 is 5.11 Å². The quantitative estimate of drug-likeness (QED) is 0.510. The Morgan fingerprint density at radius 1 is 1.07 bits per heavy atom. The van der Waals surface area contributed by atoms with Crippen molar-refractivity contribution >= 4 is 0 Å². The van der Waals surface area contributed by atoms with Gasteiger partial charge in [0.1, 0.15) is 0 Å². The van der Waals surface area contributed by atoms with Gasteiger partial charge in [-0.05, 0) is 104 Å². The second-order valence-corrected chi connectivity index (χ2v) is 11.8. The smallest absolute Gasteiger partial charge is 0.0577 e. The van der Waals surface area contributed by atoms with Gasteiger partial charge in [0.15, 0.2) is 0 Å². The molecule has 1 heteroatoms. The molecule has 8 atom stereocenters. The van der Waals surface area contributed by atoms with Gasteiger partial charge in [-0.3, -0.25) is 0 Å². The molecule has 0 saturated heterocycles. The first-order valence-electron chi connectivity index (χ1n) is 12.3. The molecule has 1 N–H and O–H groups in total. The summed E-state index contributed by atoms with van der Waals surface area (Å²) in [4.78, 5) is 0. The standard InChI is InChI=1S/C27H44O/c1-18(2)7-6-8-19(3)23-11-12-24-22-10-9-20-17-21(28)13-15-26(20,4)25(22)14-16-27(23,24)5/h6,8-9,18-19,21-25,28H,7,10-17H2,1-5H3/b8-6+/t19?,21-,22?,23?,24?,25?,26?,27?/m0/s1. The summed E-state index contributed by atoms with van der Waals surface area (Å²) in [6.45, 7) is 12.3. The zero-order chi connectivity index (χ0) is 20.1. The zero-order valence-corrected chi connectivity index (χ0v) is 19.1. The molecule has 0 aromatic carbocycles. The number of aliphatic hydroxyl groups is 1. The molecule has 0 amide bonds. The first kappa shape index (κ1) is 20.7. The van der Waals surface area contributed by atoms with E-state index in [-0.39, 0.29) is 6.10 Å². The van der Waals surface area contributed by atoms with Crippen LogP contribution in [-0.2, 0) is 0 Å². The summed E-state index contributed by atoms with van der Waals surface area (Å²) in [5.74, 6) is 5.03. The maximum Gasteiger partial charge on any atom is 0.0577 e. The maximum atomic E-state index is 10.2. The average Bonchev–Trinajstić information content (AvgIpc) is 2.99. The Balaban J connectivity index is 1.53. The number of rotatable bonds is 4. The lowest BCUT2D eigenvalue weighted by atomic mass is 9.47. The third-order valence-electron chi connectivity index (χ3n) is 9.83. The monoisotopic (exact) mass is 384 g/mol. The van der Waals surface area contributed by atoms with Crippen LogP contribution in [0, 0.1) is 46.3 Å². The highest BCUT2D eigenvalue weighted by Gasteiger charge is 2.58. The van der Waals surface area contributed by atoms with Gasteiger partial charge in [-0.2, -0.15) is 0 Å². The lowest BCUT2D eigenvalue weighted by Crippen LogP contribution is -2.50. The van der Waals surface area contributed by atoms with Crippen LogP contribution in [0.3, 0.4) is 0 Å². The van der Waals surface area contributed by atoms with Gasteiger partial charge in [0.2, 0.25) is 0 Å². The Labute approximate surface area is 174 Å². The number of hydrogen-bond acceptors (Lipinski definition) is 1. The van der Waals surface area contributed by atoms with Crippen molar-refractivity contribution in [3.8, 4) is 0 Å². The highest BCUT2D eigenvalue weighted by molar-refractivity contribution is 5.25. The fraction of sp³-hybridized carbons (Fsp3) is 0.852. The van der Waals surface area contributed by atoms with Crippen LogP contribution in [0.2, 0.25) is 0 Å². The molecule has 3 fully saturated rings. The molecule has 0 aromatic rings. The number of hydrogen-bond donors (Lipinski definition) is 1. The van der Waals surface area contributed by atoms with E-state index >= 15 is 0 Å². The summed E-state index contributed by atoms with van der Waals surface area (Å²) in [5.41, 5.74) is 2.53. The molecular weight excluding hydrogens is 340 g/mol. The SMILES string of the molecule is CC(C)C/C=C/C(C)C1CCC2C3CC=C4C[C@@H](O)CCC4(C)C3CCC12C. The number of aliphatic hydroxyl groups excluding tert-OH is 1. The molecular formula is C27H44O. The van der Waals surface area contributed by atoms with E-state index in [1.165, 1.54) is 44.9 Å². The Kier molecular flexibility index (Phi) is 5.62. The summed E-state index contributed by atoms with van der Waals surface area (Å²) in [6, 6.07) is 0. The van der Waals surface area contributed by atoms with Crippen molar-refractivity contribution < 1.29 is 5.11 Å². The minimum atomic E-state index is -0.0842. The van der Waals surface area contributed by atoms with Crippen LogP contribution >= 0.6 is 0 Å². The summed E-state index contributed by atoms with van der Waals surface area (Å²) in [6.07, 6.45) is 18.9. The van der Waals surface area contributed by atoms with Gasteiger partial charge in [0, 0.05) is 0 Å². The highest BCUT2D eigenvalue weighted by Crippen LogP contribution is 2.67. The van der Waals surface area contributed by atoms with Gasteiger partial charge in [0.05, 0.1) is 6.10 Å². The molecule has 0 heterocycles. The van der Waals surface area contributed by atoms with Crippen LogP contribution in [-0.4, -0.2) is 11.2 Å². The van der Waals surface area contributed by atoms with E-state index in [4.69, 9.17) is 0 Å². The molecule has 7 unspecified atom stereocenters. The summed E-state index contributed by atoms with van der Waals surface area (Å²) in [7, 11) is 0. The van der Waals surface area contributed by atoms with E-state index in [0.717, 1.165) is 48.3 Å². The summed E-state index contributed by atoms with van der Waals surface area (Å²) < 4.78 is 0. The summed E-state index contributed by atoms with van der Waals surface area (Å²) >= 11 is 0. The molecule has 158 valence electrons. The van der Waals surface area contributed by atoms with Crippen molar-refractivity contribution in [2.45, 2.75) is 98.5 Å². The molecule has 0 radical (unpaired) electrons. The van der Waals surface area contributed by atoms with Crippen LogP contribution in [0.4, 0.5) is 0 Å². The van der Waals surface area contributed by atoms with Crippen molar-refractivity contribution in [2.75, 3.05) is 0 Å². The van der Waals surface area contributed by atoms with Gasteiger partial charge >= 0.3 is 0 Å². The largest absolute Gasteiger partial charge is 0.393 e. The third kappa shape index (κ3) is 3.34. The van der Waals surface area contributed by atoms with Gasteiger partial charge in [-0.15, -0.1) is 0 Å². The topological polar surface area (TPSA) is 20.2 Å². The molecule has 0 spiro atoms. The molecule has 1 nitrogen and oxygen atoms in total. The predicted octanol–water partition coefficient (Wildman–Crippen LogP) is 7.16. The van der Waals surface area contributed by atoms with E-state index < -0.39 is 0 Å². The first-order valence-corrected chi connectivity index (χ1v) is 12.3. The first-order chi connectivity index (χ1) is 13.3. The van der Waals surface area contributed by atoms with Gasteiger partial charge in [-0.1, -0.05) is 58.4 Å². The molecule has 4 rings (SSSR count). The summed E-state index contributed by atoms with van der Waals surface area (Å²) in [5, 5.41) is 10.2. The average molecular weight is 385 g/mol. The van der Waals surface area contributed by atoms with Crippen molar-refractivity contribution in [3.63, 3.8) is 0 Å². The molecule has 28 heavy (non-hydrogen) atoms. The Morgan fingerprint density at radius 3 is 2.61 bits per heavy atom. The Hall–Kier alpha value is -0.560. The second-order valence-electron chi connectivity index (χ2n) is 11.8. The van der Waals surface area contributed by atoms with E-state index in [0.29, 0.717) is 10.8 Å². The molecule has 4 aliphatic carbocycles. The van der Waals surface area contributed by atoms with Crippen molar-refractivity contribution in [2.24, 2.45) is 46.3 Å². The predicted molar refractivity (Wildman–Crippen MR) is 119 cm³/mol. The number of allylic oxidation sites excluding steroid dienone is 3. The second kappa shape index (κ2) is 7.60. The minimum Gasteiger partial charge on any atom is -0.393 e. The lowest BCUT2D eigenvalue weighted by Gasteiger charge is -2.58. The molecule has 3 saturated carbocycles. The van der Waals surface area contributed by atoms with E-state index in [1.54, 1.807) is 5.57 Å².